The fourth-order valence-corrected chi connectivity index (χ4v) is 7.82. The van der Waals surface area contributed by atoms with E-state index >= 15 is 0 Å². The van der Waals surface area contributed by atoms with E-state index in [2.05, 4.69) is 33.8 Å². The fourth-order valence-electron chi connectivity index (χ4n) is 7.82. The van der Waals surface area contributed by atoms with Gasteiger partial charge in [0, 0.05) is 0 Å². The normalized spacial score (nSPS) is 47.8. The van der Waals surface area contributed by atoms with Crippen molar-refractivity contribution >= 4 is 0 Å². The first-order valence-corrected chi connectivity index (χ1v) is 11.1. The van der Waals surface area contributed by atoms with Crippen LogP contribution in [0.2, 0.25) is 0 Å². The minimum Gasteiger partial charge on any atom is -0.0845 e. The molecule has 3 fully saturated rings. The van der Waals surface area contributed by atoms with Crippen LogP contribution in [0.1, 0.15) is 98.3 Å². The van der Waals surface area contributed by atoms with Crippen LogP contribution in [0.4, 0.5) is 0 Å². The van der Waals surface area contributed by atoms with Crippen molar-refractivity contribution in [1.29, 1.82) is 0 Å². The second kappa shape index (κ2) is 6.17. The highest BCUT2D eigenvalue weighted by Crippen LogP contribution is 2.66. The van der Waals surface area contributed by atoms with Crippen molar-refractivity contribution in [3.8, 4) is 0 Å². The zero-order valence-corrected chi connectivity index (χ0v) is 16.7. The summed E-state index contributed by atoms with van der Waals surface area (Å²) < 4.78 is 0. The van der Waals surface area contributed by atoms with Gasteiger partial charge in [-0.25, -0.2) is 0 Å². The SMILES string of the molecule is CC(C)CCC1CCC2C3CC=C4CCCCC4(C)C3CCC12C. The number of fused-ring (bicyclic) bond motifs is 5. The van der Waals surface area contributed by atoms with Crippen LogP contribution in [0.25, 0.3) is 0 Å². The Kier molecular flexibility index (Phi) is 4.41. The third-order valence-corrected chi connectivity index (χ3v) is 9.31. The molecule has 6 atom stereocenters. The minimum atomic E-state index is 0.582. The molecule has 3 saturated carbocycles. The van der Waals surface area contributed by atoms with Gasteiger partial charge in [-0.05, 0) is 98.2 Å². The molecule has 4 rings (SSSR count). The second-order valence-electron chi connectivity index (χ2n) is 10.8. The lowest BCUT2D eigenvalue weighted by Gasteiger charge is -2.57. The van der Waals surface area contributed by atoms with Gasteiger partial charge in [0.2, 0.25) is 0 Å². The zero-order valence-electron chi connectivity index (χ0n) is 16.7. The Balaban J connectivity index is 1.56. The molecule has 0 heteroatoms. The van der Waals surface area contributed by atoms with Crippen LogP contribution in [0.5, 0.6) is 0 Å². The van der Waals surface area contributed by atoms with E-state index in [9.17, 15) is 0 Å². The number of rotatable bonds is 3. The topological polar surface area (TPSA) is 0 Å². The predicted octanol–water partition coefficient (Wildman–Crippen LogP) is 7.39. The van der Waals surface area contributed by atoms with Crippen molar-refractivity contribution in [1.82, 2.24) is 0 Å². The molecule has 0 spiro atoms. The molecule has 0 nitrogen and oxygen atoms in total. The van der Waals surface area contributed by atoms with Crippen molar-refractivity contribution in [2.45, 2.75) is 98.3 Å². The summed E-state index contributed by atoms with van der Waals surface area (Å²) in [5.41, 5.74) is 3.12. The molecule has 0 N–H and O–H groups in total. The van der Waals surface area contributed by atoms with Crippen molar-refractivity contribution in [2.75, 3.05) is 0 Å². The van der Waals surface area contributed by atoms with E-state index in [1.165, 1.54) is 64.2 Å². The highest BCUT2D eigenvalue weighted by Gasteiger charge is 2.57. The van der Waals surface area contributed by atoms with Crippen LogP contribution in [0.3, 0.4) is 0 Å². The zero-order chi connectivity index (χ0) is 16.9. The van der Waals surface area contributed by atoms with Gasteiger partial charge in [-0.1, -0.05) is 52.2 Å². The van der Waals surface area contributed by atoms with Gasteiger partial charge >= 0.3 is 0 Å². The summed E-state index contributed by atoms with van der Waals surface area (Å²) in [6.07, 6.45) is 19.1. The summed E-state index contributed by atoms with van der Waals surface area (Å²) >= 11 is 0. The first-order chi connectivity index (χ1) is 11.4. The summed E-state index contributed by atoms with van der Waals surface area (Å²) in [6.45, 7) is 10.2. The molecule has 0 amide bonds. The van der Waals surface area contributed by atoms with Gasteiger partial charge in [0.15, 0.2) is 0 Å². The molecular formula is C24H40. The van der Waals surface area contributed by atoms with Gasteiger partial charge in [0.1, 0.15) is 0 Å². The summed E-state index contributed by atoms with van der Waals surface area (Å²) in [4.78, 5) is 0. The third-order valence-electron chi connectivity index (χ3n) is 9.31. The molecule has 0 aromatic heterocycles. The monoisotopic (exact) mass is 328 g/mol. The van der Waals surface area contributed by atoms with Crippen LogP contribution < -0.4 is 0 Å². The number of hydrogen-bond acceptors (Lipinski definition) is 0. The van der Waals surface area contributed by atoms with Gasteiger partial charge in [-0.3, -0.25) is 0 Å². The van der Waals surface area contributed by atoms with Crippen molar-refractivity contribution in [3.63, 3.8) is 0 Å². The molecule has 0 aromatic rings. The Morgan fingerprint density at radius 3 is 2.67 bits per heavy atom. The molecule has 0 aromatic carbocycles. The van der Waals surface area contributed by atoms with E-state index in [1.807, 2.05) is 5.57 Å². The predicted molar refractivity (Wildman–Crippen MR) is 104 cm³/mol. The van der Waals surface area contributed by atoms with Crippen LogP contribution in [0, 0.1) is 40.4 Å². The molecule has 0 bridgehead atoms. The van der Waals surface area contributed by atoms with Crippen molar-refractivity contribution in [3.05, 3.63) is 11.6 Å². The van der Waals surface area contributed by atoms with E-state index in [-0.39, 0.29) is 0 Å². The summed E-state index contributed by atoms with van der Waals surface area (Å²) in [5, 5.41) is 0. The average molecular weight is 329 g/mol. The molecular weight excluding hydrogens is 288 g/mol. The fraction of sp³-hybridized carbons (Fsp3) is 0.917. The number of hydrogen-bond donors (Lipinski definition) is 0. The maximum atomic E-state index is 2.73. The number of allylic oxidation sites excluding steroid dienone is 2. The van der Waals surface area contributed by atoms with E-state index in [0.717, 1.165) is 29.6 Å². The first-order valence-electron chi connectivity index (χ1n) is 11.1. The Labute approximate surface area is 150 Å². The Hall–Kier alpha value is -0.260. The summed E-state index contributed by atoms with van der Waals surface area (Å²) in [6, 6.07) is 0. The molecule has 0 radical (unpaired) electrons. The van der Waals surface area contributed by atoms with Gasteiger partial charge in [0.25, 0.3) is 0 Å². The first kappa shape index (κ1) is 17.2. The quantitative estimate of drug-likeness (QED) is 0.474. The highest BCUT2D eigenvalue weighted by molar-refractivity contribution is 5.24. The molecule has 24 heavy (non-hydrogen) atoms. The van der Waals surface area contributed by atoms with Crippen LogP contribution >= 0.6 is 0 Å². The maximum absolute atomic E-state index is 2.73. The Morgan fingerprint density at radius 1 is 1.04 bits per heavy atom. The standard InChI is InChI=1S/C24H40/c1-17(2)8-9-19-11-13-21-20-12-10-18-7-5-6-15-23(18,3)22(20)14-16-24(19,21)4/h10,17,19-22H,5-9,11-16H2,1-4H3. The smallest absolute Gasteiger partial charge is 0.00853 e. The molecule has 4 aliphatic rings. The van der Waals surface area contributed by atoms with E-state index in [1.54, 1.807) is 6.42 Å². The van der Waals surface area contributed by atoms with Crippen molar-refractivity contribution in [2.24, 2.45) is 40.4 Å². The molecule has 6 unspecified atom stereocenters. The largest absolute Gasteiger partial charge is 0.0845 e. The van der Waals surface area contributed by atoms with Crippen LogP contribution in [-0.4, -0.2) is 0 Å². The lowest BCUT2D eigenvalue weighted by molar-refractivity contribution is -0.0428. The minimum absolute atomic E-state index is 0.582. The summed E-state index contributed by atoms with van der Waals surface area (Å²) in [5.74, 6) is 4.96. The van der Waals surface area contributed by atoms with Gasteiger partial charge in [-0.2, -0.15) is 0 Å². The molecule has 0 aliphatic heterocycles. The molecule has 136 valence electrons. The molecule has 4 aliphatic carbocycles. The second-order valence-corrected chi connectivity index (χ2v) is 10.8. The molecule has 0 heterocycles. The van der Waals surface area contributed by atoms with Gasteiger partial charge in [-0.15, -0.1) is 0 Å². The average Bonchev–Trinajstić information content (AvgIpc) is 2.89. The third kappa shape index (κ3) is 2.53. The van der Waals surface area contributed by atoms with Crippen LogP contribution in [0.15, 0.2) is 11.6 Å². The maximum Gasteiger partial charge on any atom is -0.00853 e. The van der Waals surface area contributed by atoms with Crippen LogP contribution in [-0.2, 0) is 0 Å². The van der Waals surface area contributed by atoms with Crippen molar-refractivity contribution < 1.29 is 0 Å². The summed E-state index contributed by atoms with van der Waals surface area (Å²) in [7, 11) is 0. The lowest BCUT2D eigenvalue weighted by Crippen LogP contribution is -2.49. The highest BCUT2D eigenvalue weighted by atomic mass is 14.6. The van der Waals surface area contributed by atoms with E-state index < -0.39 is 0 Å². The van der Waals surface area contributed by atoms with Gasteiger partial charge in [0.05, 0.1) is 0 Å². The van der Waals surface area contributed by atoms with E-state index in [4.69, 9.17) is 0 Å². The Bertz CT molecular complexity index is 500. The molecule has 0 saturated heterocycles. The Morgan fingerprint density at radius 2 is 1.88 bits per heavy atom. The van der Waals surface area contributed by atoms with Gasteiger partial charge < -0.3 is 0 Å². The van der Waals surface area contributed by atoms with E-state index in [0.29, 0.717) is 10.8 Å². The lowest BCUT2D eigenvalue weighted by atomic mass is 9.47.